The predicted molar refractivity (Wildman–Crippen MR) is 88.1 cm³/mol. The molecule has 0 fully saturated rings. The molecule has 6 heteroatoms. The zero-order valence-electron chi connectivity index (χ0n) is 13.6. The minimum atomic E-state index is -0.391. The topological polar surface area (TPSA) is 73.9 Å². The van der Waals surface area contributed by atoms with E-state index in [1.807, 2.05) is 0 Å². The minimum Gasteiger partial charge on any atom is -0.497 e. The van der Waals surface area contributed by atoms with Crippen LogP contribution >= 0.6 is 0 Å². The van der Waals surface area contributed by atoms with Gasteiger partial charge in [-0.15, -0.1) is 0 Å². The van der Waals surface area contributed by atoms with Crippen molar-refractivity contribution in [3.05, 3.63) is 59.7 Å². The third-order valence-electron chi connectivity index (χ3n) is 3.28. The average Bonchev–Trinajstić information content (AvgIpc) is 2.64. The van der Waals surface area contributed by atoms with E-state index in [0.29, 0.717) is 23.6 Å². The van der Waals surface area contributed by atoms with Gasteiger partial charge in [-0.3, -0.25) is 4.79 Å². The molecule has 0 aliphatic heterocycles. The number of amides is 1. The van der Waals surface area contributed by atoms with Crippen molar-refractivity contribution in [3.8, 4) is 11.5 Å². The Morgan fingerprint density at radius 2 is 1.71 bits per heavy atom. The molecule has 0 aliphatic carbocycles. The zero-order valence-corrected chi connectivity index (χ0v) is 13.6. The Hall–Kier alpha value is -3.02. The SMILES string of the molecule is COC(=O)c1ccc(CNC(=O)COc2cccc(OC)c2)cc1. The van der Waals surface area contributed by atoms with Crippen LogP contribution in [0.1, 0.15) is 15.9 Å². The number of esters is 1. The van der Waals surface area contributed by atoms with E-state index in [0.717, 1.165) is 5.56 Å². The van der Waals surface area contributed by atoms with E-state index < -0.39 is 5.97 Å². The first kappa shape index (κ1) is 17.3. The van der Waals surface area contributed by atoms with E-state index in [1.54, 1.807) is 55.6 Å². The fourth-order valence-electron chi connectivity index (χ4n) is 1.97. The number of nitrogens with one attached hydrogen (secondary N) is 1. The molecular weight excluding hydrogens is 310 g/mol. The van der Waals surface area contributed by atoms with Gasteiger partial charge in [-0.25, -0.2) is 4.79 Å². The first-order valence-electron chi connectivity index (χ1n) is 7.33. The van der Waals surface area contributed by atoms with Crippen molar-refractivity contribution in [2.75, 3.05) is 20.8 Å². The van der Waals surface area contributed by atoms with Gasteiger partial charge < -0.3 is 19.5 Å². The van der Waals surface area contributed by atoms with Crippen molar-refractivity contribution >= 4 is 11.9 Å². The van der Waals surface area contributed by atoms with Gasteiger partial charge >= 0.3 is 5.97 Å². The Balaban J connectivity index is 1.79. The van der Waals surface area contributed by atoms with E-state index in [4.69, 9.17) is 9.47 Å². The lowest BCUT2D eigenvalue weighted by atomic mass is 10.1. The highest BCUT2D eigenvalue weighted by atomic mass is 16.5. The number of ether oxygens (including phenoxy) is 3. The van der Waals surface area contributed by atoms with Gasteiger partial charge in [0.2, 0.25) is 0 Å². The molecule has 0 aromatic heterocycles. The Bertz CT molecular complexity index is 697. The standard InChI is InChI=1S/C18H19NO5/c1-22-15-4-3-5-16(10-15)24-12-17(20)19-11-13-6-8-14(9-7-13)18(21)23-2/h3-10H,11-12H2,1-2H3,(H,19,20). The van der Waals surface area contributed by atoms with Crippen molar-refractivity contribution in [3.63, 3.8) is 0 Å². The van der Waals surface area contributed by atoms with E-state index in [-0.39, 0.29) is 12.5 Å². The Labute approximate surface area is 140 Å². The van der Waals surface area contributed by atoms with Crippen LogP contribution in [0.25, 0.3) is 0 Å². The van der Waals surface area contributed by atoms with Gasteiger partial charge in [0.1, 0.15) is 11.5 Å². The molecular formula is C18H19NO5. The highest BCUT2D eigenvalue weighted by Crippen LogP contribution is 2.18. The van der Waals surface area contributed by atoms with Crippen molar-refractivity contribution < 1.29 is 23.8 Å². The maximum Gasteiger partial charge on any atom is 0.337 e. The molecule has 0 heterocycles. The van der Waals surface area contributed by atoms with E-state index in [2.05, 4.69) is 10.1 Å². The molecule has 0 atom stereocenters. The number of hydrogen-bond acceptors (Lipinski definition) is 5. The predicted octanol–water partition coefficient (Wildman–Crippen LogP) is 2.18. The summed E-state index contributed by atoms with van der Waals surface area (Å²) in [4.78, 5) is 23.2. The molecule has 0 unspecified atom stereocenters. The number of hydrogen-bond donors (Lipinski definition) is 1. The van der Waals surface area contributed by atoms with Gasteiger partial charge in [0.15, 0.2) is 6.61 Å². The van der Waals surface area contributed by atoms with E-state index in [1.165, 1.54) is 7.11 Å². The lowest BCUT2D eigenvalue weighted by molar-refractivity contribution is -0.123. The van der Waals surface area contributed by atoms with Crippen molar-refractivity contribution in [1.29, 1.82) is 0 Å². The van der Waals surface area contributed by atoms with Crippen molar-refractivity contribution in [2.45, 2.75) is 6.54 Å². The van der Waals surface area contributed by atoms with Crippen LogP contribution in [0.4, 0.5) is 0 Å². The molecule has 0 spiro atoms. The quantitative estimate of drug-likeness (QED) is 0.788. The molecule has 1 N–H and O–H groups in total. The van der Waals surface area contributed by atoms with Crippen LogP contribution < -0.4 is 14.8 Å². The summed E-state index contributed by atoms with van der Waals surface area (Å²) in [5, 5.41) is 2.75. The fraction of sp³-hybridized carbons (Fsp3) is 0.222. The molecule has 2 aromatic carbocycles. The van der Waals surface area contributed by atoms with Crippen LogP contribution in [0.2, 0.25) is 0 Å². The second kappa shape index (κ2) is 8.57. The third-order valence-corrected chi connectivity index (χ3v) is 3.28. The van der Waals surface area contributed by atoms with Crippen LogP contribution in [0.3, 0.4) is 0 Å². The molecule has 0 radical (unpaired) electrons. The van der Waals surface area contributed by atoms with Crippen LogP contribution in [-0.2, 0) is 16.1 Å². The molecule has 0 aliphatic rings. The van der Waals surface area contributed by atoms with Gasteiger partial charge in [-0.1, -0.05) is 18.2 Å². The molecule has 6 nitrogen and oxygen atoms in total. The molecule has 0 saturated heterocycles. The minimum absolute atomic E-state index is 0.0899. The molecule has 1 amide bonds. The van der Waals surface area contributed by atoms with Crippen LogP contribution in [0.5, 0.6) is 11.5 Å². The van der Waals surface area contributed by atoms with Crippen LogP contribution in [0.15, 0.2) is 48.5 Å². The summed E-state index contributed by atoms with van der Waals surface area (Å²) in [6, 6.07) is 13.9. The molecule has 24 heavy (non-hydrogen) atoms. The van der Waals surface area contributed by atoms with Crippen LogP contribution in [-0.4, -0.2) is 32.7 Å². The van der Waals surface area contributed by atoms with Gasteiger partial charge in [-0.2, -0.15) is 0 Å². The zero-order chi connectivity index (χ0) is 17.4. The Morgan fingerprint density at radius 3 is 2.38 bits per heavy atom. The monoisotopic (exact) mass is 329 g/mol. The van der Waals surface area contributed by atoms with Crippen molar-refractivity contribution in [1.82, 2.24) is 5.32 Å². The van der Waals surface area contributed by atoms with E-state index >= 15 is 0 Å². The number of carbonyl (C=O) groups excluding carboxylic acids is 2. The molecule has 2 aromatic rings. The normalized spacial score (nSPS) is 9.92. The average molecular weight is 329 g/mol. The number of methoxy groups -OCH3 is 2. The molecule has 0 bridgehead atoms. The van der Waals surface area contributed by atoms with Gasteiger partial charge in [0.05, 0.1) is 19.8 Å². The summed E-state index contributed by atoms with van der Waals surface area (Å²) in [5.41, 5.74) is 1.34. The lowest BCUT2D eigenvalue weighted by Crippen LogP contribution is -2.28. The maximum atomic E-state index is 11.8. The molecule has 0 saturated carbocycles. The lowest BCUT2D eigenvalue weighted by Gasteiger charge is -2.09. The highest BCUT2D eigenvalue weighted by molar-refractivity contribution is 5.89. The first-order valence-corrected chi connectivity index (χ1v) is 7.33. The van der Waals surface area contributed by atoms with Gasteiger partial charge in [0.25, 0.3) is 5.91 Å². The Kier molecular flexibility index (Phi) is 6.19. The number of carbonyl (C=O) groups is 2. The summed E-state index contributed by atoms with van der Waals surface area (Å²) in [6.45, 7) is 0.259. The van der Waals surface area contributed by atoms with Gasteiger partial charge in [0, 0.05) is 12.6 Å². The Morgan fingerprint density at radius 1 is 1.00 bits per heavy atom. The summed E-state index contributed by atoms with van der Waals surface area (Å²) < 4.78 is 15.1. The second-order valence-corrected chi connectivity index (χ2v) is 4.93. The smallest absolute Gasteiger partial charge is 0.337 e. The molecule has 2 rings (SSSR count). The maximum absolute atomic E-state index is 11.8. The summed E-state index contributed by atoms with van der Waals surface area (Å²) in [6.07, 6.45) is 0. The fourth-order valence-corrected chi connectivity index (χ4v) is 1.97. The summed E-state index contributed by atoms with van der Waals surface area (Å²) in [5.74, 6) is 0.595. The third kappa shape index (κ3) is 5.01. The summed E-state index contributed by atoms with van der Waals surface area (Å²) >= 11 is 0. The molecule has 126 valence electrons. The largest absolute Gasteiger partial charge is 0.497 e. The van der Waals surface area contributed by atoms with Crippen LogP contribution in [0, 0.1) is 0 Å². The van der Waals surface area contributed by atoms with E-state index in [9.17, 15) is 9.59 Å². The second-order valence-electron chi connectivity index (χ2n) is 4.93. The number of rotatable bonds is 7. The number of benzene rings is 2. The van der Waals surface area contributed by atoms with Gasteiger partial charge in [-0.05, 0) is 29.8 Å². The van der Waals surface area contributed by atoms with Crippen molar-refractivity contribution in [2.24, 2.45) is 0 Å². The summed E-state index contributed by atoms with van der Waals surface area (Å²) in [7, 11) is 2.90. The highest BCUT2D eigenvalue weighted by Gasteiger charge is 2.06. The first-order chi connectivity index (χ1) is 11.6.